The summed E-state index contributed by atoms with van der Waals surface area (Å²) in [5, 5.41) is 2.15. The van der Waals surface area contributed by atoms with Gasteiger partial charge >= 0.3 is 0 Å². The molecule has 0 N–H and O–H groups in total. The lowest BCUT2D eigenvalue weighted by Crippen LogP contribution is -2.40. The van der Waals surface area contributed by atoms with Crippen molar-refractivity contribution in [2.75, 3.05) is 19.6 Å². The van der Waals surface area contributed by atoms with E-state index in [9.17, 15) is 4.79 Å². The quantitative estimate of drug-likeness (QED) is 0.773. The zero-order valence-electron chi connectivity index (χ0n) is 13.6. The lowest BCUT2D eigenvalue weighted by atomic mass is 10.0. The van der Waals surface area contributed by atoms with E-state index >= 15 is 0 Å². The van der Waals surface area contributed by atoms with Crippen LogP contribution in [0.2, 0.25) is 0 Å². The Morgan fingerprint density at radius 3 is 3.00 bits per heavy atom. The lowest BCUT2D eigenvalue weighted by molar-refractivity contribution is -0.136. The fourth-order valence-corrected chi connectivity index (χ4v) is 5.04. The summed E-state index contributed by atoms with van der Waals surface area (Å²) in [4.78, 5) is 18.8. The molecular formula is C19H21BrN2OS. The van der Waals surface area contributed by atoms with Gasteiger partial charge in [0.1, 0.15) is 0 Å². The molecule has 1 atom stereocenters. The first-order valence-corrected chi connectivity index (χ1v) is 10.2. The summed E-state index contributed by atoms with van der Waals surface area (Å²) in [6.07, 6.45) is 2.00. The van der Waals surface area contributed by atoms with Crippen molar-refractivity contribution in [1.82, 2.24) is 9.80 Å². The minimum atomic E-state index is 0.160. The van der Waals surface area contributed by atoms with Gasteiger partial charge in [0.05, 0.1) is 5.92 Å². The molecule has 0 bridgehead atoms. The summed E-state index contributed by atoms with van der Waals surface area (Å²) < 4.78 is 1.15. The fraction of sp³-hybridized carbons (Fsp3) is 0.421. The summed E-state index contributed by atoms with van der Waals surface area (Å²) in [6, 6.07) is 10.5. The first kappa shape index (κ1) is 16.3. The monoisotopic (exact) mass is 404 g/mol. The molecular weight excluding hydrogens is 384 g/mol. The molecule has 1 fully saturated rings. The van der Waals surface area contributed by atoms with Gasteiger partial charge in [-0.3, -0.25) is 9.69 Å². The van der Waals surface area contributed by atoms with E-state index in [1.54, 1.807) is 0 Å². The maximum atomic E-state index is 12.9. The zero-order valence-corrected chi connectivity index (χ0v) is 16.0. The predicted molar refractivity (Wildman–Crippen MR) is 101 cm³/mol. The second kappa shape index (κ2) is 6.98. The van der Waals surface area contributed by atoms with Crippen LogP contribution in [-0.4, -0.2) is 35.3 Å². The molecule has 0 aliphatic carbocycles. The minimum absolute atomic E-state index is 0.160. The molecule has 3 nitrogen and oxygen atoms in total. The van der Waals surface area contributed by atoms with Gasteiger partial charge in [0.2, 0.25) is 5.91 Å². The van der Waals surface area contributed by atoms with Crippen molar-refractivity contribution in [3.05, 3.63) is 56.2 Å². The van der Waals surface area contributed by atoms with Gasteiger partial charge in [-0.2, -0.15) is 0 Å². The van der Waals surface area contributed by atoms with E-state index in [1.807, 2.05) is 17.4 Å². The highest BCUT2D eigenvalue weighted by Crippen LogP contribution is 2.28. The molecule has 2 aliphatic rings. The van der Waals surface area contributed by atoms with E-state index in [2.05, 4.69) is 55.4 Å². The van der Waals surface area contributed by atoms with Crippen molar-refractivity contribution in [3.63, 3.8) is 0 Å². The number of hydrogen-bond acceptors (Lipinski definition) is 3. The molecule has 3 heterocycles. The Kier molecular flexibility index (Phi) is 4.74. The second-order valence-electron chi connectivity index (χ2n) is 6.69. The number of likely N-dealkylation sites (tertiary alicyclic amines) is 1. The van der Waals surface area contributed by atoms with Crippen LogP contribution in [0.3, 0.4) is 0 Å². The number of thiophene rings is 1. The van der Waals surface area contributed by atoms with E-state index < -0.39 is 0 Å². The SMILES string of the molecule is O=C(C1CCN(Cc2ccccc2Br)C1)N1CCc2sccc2C1. The Morgan fingerprint density at radius 2 is 2.12 bits per heavy atom. The minimum Gasteiger partial charge on any atom is -0.338 e. The predicted octanol–water partition coefficient (Wildman–Crippen LogP) is 3.92. The van der Waals surface area contributed by atoms with Gasteiger partial charge in [-0.1, -0.05) is 34.1 Å². The van der Waals surface area contributed by atoms with Gasteiger partial charge in [-0.15, -0.1) is 11.3 Å². The lowest BCUT2D eigenvalue weighted by Gasteiger charge is -2.29. The Morgan fingerprint density at radius 1 is 1.25 bits per heavy atom. The Balaban J connectivity index is 1.37. The van der Waals surface area contributed by atoms with Crippen LogP contribution in [0.4, 0.5) is 0 Å². The normalized spacial score (nSPS) is 21.0. The van der Waals surface area contributed by atoms with Crippen molar-refractivity contribution < 1.29 is 4.79 Å². The smallest absolute Gasteiger partial charge is 0.227 e. The summed E-state index contributed by atoms with van der Waals surface area (Å²) in [7, 11) is 0. The van der Waals surface area contributed by atoms with E-state index in [-0.39, 0.29) is 5.92 Å². The maximum Gasteiger partial charge on any atom is 0.227 e. The number of carbonyl (C=O) groups excluding carboxylic acids is 1. The van der Waals surface area contributed by atoms with Gasteiger partial charge < -0.3 is 4.90 Å². The summed E-state index contributed by atoms with van der Waals surface area (Å²) in [5.41, 5.74) is 2.65. The Hall–Kier alpha value is -1.17. The molecule has 0 radical (unpaired) electrons. The van der Waals surface area contributed by atoms with Crippen molar-refractivity contribution >= 4 is 33.2 Å². The van der Waals surface area contributed by atoms with Crippen LogP contribution in [0.25, 0.3) is 0 Å². The standard InChI is InChI=1S/C19H21BrN2OS/c20-17-4-2-1-3-14(17)11-21-8-5-16(12-21)19(23)22-9-6-18-15(13-22)7-10-24-18/h1-4,7,10,16H,5-6,8-9,11-13H2. The number of carbonyl (C=O) groups is 1. The number of hydrogen-bond donors (Lipinski definition) is 0. The molecule has 24 heavy (non-hydrogen) atoms. The molecule has 1 saturated heterocycles. The van der Waals surface area contributed by atoms with Crippen LogP contribution in [0.15, 0.2) is 40.2 Å². The summed E-state index contributed by atoms with van der Waals surface area (Å²) in [6.45, 7) is 4.49. The Labute approximate surface area is 155 Å². The van der Waals surface area contributed by atoms with Crippen molar-refractivity contribution in [2.24, 2.45) is 5.92 Å². The van der Waals surface area contributed by atoms with Crippen LogP contribution in [0.1, 0.15) is 22.4 Å². The molecule has 2 aromatic rings. The highest BCUT2D eigenvalue weighted by atomic mass is 79.9. The number of nitrogens with zero attached hydrogens (tertiary/aromatic N) is 2. The van der Waals surface area contributed by atoms with Crippen LogP contribution >= 0.6 is 27.3 Å². The topological polar surface area (TPSA) is 23.6 Å². The van der Waals surface area contributed by atoms with Crippen LogP contribution in [0, 0.1) is 5.92 Å². The molecule has 5 heteroatoms. The summed E-state index contributed by atoms with van der Waals surface area (Å²) in [5.74, 6) is 0.508. The maximum absolute atomic E-state index is 12.9. The van der Waals surface area contributed by atoms with Gasteiger partial charge in [-0.05, 0) is 48.0 Å². The molecule has 1 aromatic heterocycles. The molecule has 2 aliphatic heterocycles. The largest absolute Gasteiger partial charge is 0.338 e. The fourth-order valence-electron chi connectivity index (χ4n) is 3.74. The molecule has 1 aromatic carbocycles. The highest BCUT2D eigenvalue weighted by molar-refractivity contribution is 9.10. The number of amides is 1. The third-order valence-electron chi connectivity index (χ3n) is 5.09. The van der Waals surface area contributed by atoms with Crippen LogP contribution in [-0.2, 0) is 24.3 Å². The third kappa shape index (κ3) is 3.30. The molecule has 1 unspecified atom stereocenters. The number of fused-ring (bicyclic) bond motifs is 1. The van der Waals surface area contributed by atoms with E-state index in [1.165, 1.54) is 16.0 Å². The first-order chi connectivity index (χ1) is 11.7. The van der Waals surface area contributed by atoms with E-state index in [0.717, 1.165) is 50.0 Å². The zero-order chi connectivity index (χ0) is 16.5. The van der Waals surface area contributed by atoms with Crippen LogP contribution in [0.5, 0.6) is 0 Å². The number of rotatable bonds is 3. The van der Waals surface area contributed by atoms with E-state index in [4.69, 9.17) is 0 Å². The number of halogens is 1. The van der Waals surface area contributed by atoms with Crippen LogP contribution < -0.4 is 0 Å². The Bertz CT molecular complexity index is 744. The summed E-state index contributed by atoms with van der Waals surface area (Å²) >= 11 is 5.44. The average molecular weight is 405 g/mol. The second-order valence-corrected chi connectivity index (χ2v) is 8.55. The molecule has 4 rings (SSSR count). The third-order valence-corrected chi connectivity index (χ3v) is 6.89. The number of benzene rings is 1. The molecule has 126 valence electrons. The first-order valence-electron chi connectivity index (χ1n) is 8.50. The van der Waals surface area contributed by atoms with Crippen molar-refractivity contribution in [1.29, 1.82) is 0 Å². The van der Waals surface area contributed by atoms with Gasteiger partial charge in [0, 0.05) is 35.5 Å². The van der Waals surface area contributed by atoms with Gasteiger partial charge in [0.15, 0.2) is 0 Å². The molecule has 0 saturated carbocycles. The molecule has 0 spiro atoms. The molecule has 1 amide bonds. The average Bonchev–Trinajstić information content (AvgIpc) is 3.24. The van der Waals surface area contributed by atoms with Gasteiger partial charge in [-0.25, -0.2) is 0 Å². The highest BCUT2D eigenvalue weighted by Gasteiger charge is 2.33. The van der Waals surface area contributed by atoms with Crippen molar-refractivity contribution in [2.45, 2.75) is 25.9 Å². The van der Waals surface area contributed by atoms with E-state index in [0.29, 0.717) is 5.91 Å². The van der Waals surface area contributed by atoms with Crippen molar-refractivity contribution in [3.8, 4) is 0 Å². The van der Waals surface area contributed by atoms with Gasteiger partial charge in [0.25, 0.3) is 0 Å².